The molecular formula is C19H20N4. The van der Waals surface area contributed by atoms with Gasteiger partial charge in [0.25, 0.3) is 0 Å². The van der Waals surface area contributed by atoms with E-state index in [9.17, 15) is 0 Å². The van der Waals surface area contributed by atoms with Gasteiger partial charge in [0, 0.05) is 12.0 Å². The summed E-state index contributed by atoms with van der Waals surface area (Å²) in [5.74, 6) is 2.55. The van der Waals surface area contributed by atoms with Gasteiger partial charge in [-0.25, -0.2) is 9.97 Å². The third-order valence-electron chi connectivity index (χ3n) is 4.20. The molecule has 0 bridgehead atoms. The molecule has 0 saturated heterocycles. The predicted molar refractivity (Wildman–Crippen MR) is 94.5 cm³/mol. The van der Waals surface area contributed by atoms with E-state index in [1.165, 1.54) is 0 Å². The number of para-hydroxylation sites is 2. The second-order valence-electron chi connectivity index (χ2n) is 6.52. The zero-order chi connectivity index (χ0) is 16.0. The number of imidazole rings is 2. The summed E-state index contributed by atoms with van der Waals surface area (Å²) in [6.45, 7) is 6.53. The first kappa shape index (κ1) is 14.0. The lowest BCUT2D eigenvalue weighted by Gasteiger charge is -2.02. The van der Waals surface area contributed by atoms with Crippen molar-refractivity contribution in [2.24, 2.45) is 5.92 Å². The average molecular weight is 304 g/mol. The molecule has 0 unspecified atom stereocenters. The molecule has 0 aliphatic rings. The van der Waals surface area contributed by atoms with Gasteiger partial charge < -0.3 is 9.97 Å². The van der Waals surface area contributed by atoms with Gasteiger partial charge in [-0.05, 0) is 42.7 Å². The van der Waals surface area contributed by atoms with Gasteiger partial charge in [-0.2, -0.15) is 0 Å². The molecule has 4 aromatic rings. The predicted octanol–water partition coefficient (Wildman–Crippen LogP) is 4.61. The van der Waals surface area contributed by atoms with Crippen molar-refractivity contribution in [1.29, 1.82) is 0 Å². The maximum atomic E-state index is 4.80. The number of nitrogens with zero attached hydrogens (tertiary/aromatic N) is 2. The Balaban J connectivity index is 1.85. The van der Waals surface area contributed by atoms with Crippen LogP contribution < -0.4 is 0 Å². The number of benzene rings is 2. The van der Waals surface area contributed by atoms with Crippen molar-refractivity contribution in [2.75, 3.05) is 0 Å². The maximum Gasteiger partial charge on any atom is 0.138 e. The quantitative estimate of drug-likeness (QED) is 0.580. The van der Waals surface area contributed by atoms with E-state index in [4.69, 9.17) is 9.97 Å². The van der Waals surface area contributed by atoms with Crippen LogP contribution in [-0.2, 0) is 6.42 Å². The molecule has 4 nitrogen and oxygen atoms in total. The number of aryl methyl sites for hydroxylation is 1. The normalized spacial score (nSPS) is 11.8. The third kappa shape index (κ3) is 2.40. The molecule has 0 fully saturated rings. The van der Waals surface area contributed by atoms with Crippen LogP contribution >= 0.6 is 0 Å². The van der Waals surface area contributed by atoms with Crippen molar-refractivity contribution in [3.63, 3.8) is 0 Å². The lowest BCUT2D eigenvalue weighted by Crippen LogP contribution is -1.95. The minimum absolute atomic E-state index is 0.589. The van der Waals surface area contributed by atoms with Gasteiger partial charge in [0.15, 0.2) is 0 Å². The van der Waals surface area contributed by atoms with Crippen LogP contribution in [0.15, 0.2) is 36.4 Å². The Labute approximate surface area is 135 Å². The lowest BCUT2D eigenvalue weighted by atomic mass is 10.1. The Morgan fingerprint density at radius 2 is 1.78 bits per heavy atom. The fourth-order valence-corrected chi connectivity index (χ4v) is 3.08. The fraction of sp³-hybridized carbons (Fsp3) is 0.263. The van der Waals surface area contributed by atoms with Crippen LogP contribution in [0.5, 0.6) is 0 Å². The van der Waals surface area contributed by atoms with E-state index in [1.54, 1.807) is 0 Å². The molecule has 4 rings (SSSR count). The summed E-state index contributed by atoms with van der Waals surface area (Å²) >= 11 is 0. The summed E-state index contributed by atoms with van der Waals surface area (Å²) < 4.78 is 0. The number of hydrogen-bond acceptors (Lipinski definition) is 2. The SMILES string of the molecule is Cc1c(-c2nc3ccccc3[nH]2)ccc2[nH]c(CC(C)C)nc12. The van der Waals surface area contributed by atoms with Gasteiger partial charge in [0.05, 0.1) is 22.1 Å². The Morgan fingerprint density at radius 3 is 2.57 bits per heavy atom. The zero-order valence-corrected chi connectivity index (χ0v) is 13.6. The number of aromatic nitrogens is 4. The van der Waals surface area contributed by atoms with E-state index >= 15 is 0 Å². The summed E-state index contributed by atoms with van der Waals surface area (Å²) in [4.78, 5) is 16.3. The summed E-state index contributed by atoms with van der Waals surface area (Å²) in [7, 11) is 0. The first-order valence-electron chi connectivity index (χ1n) is 8.05. The molecule has 0 aliphatic carbocycles. The fourth-order valence-electron chi connectivity index (χ4n) is 3.08. The third-order valence-corrected chi connectivity index (χ3v) is 4.20. The monoisotopic (exact) mass is 304 g/mol. The highest BCUT2D eigenvalue weighted by molar-refractivity contribution is 5.87. The first-order chi connectivity index (χ1) is 11.1. The largest absolute Gasteiger partial charge is 0.342 e. The topological polar surface area (TPSA) is 57.4 Å². The lowest BCUT2D eigenvalue weighted by molar-refractivity contribution is 0.627. The highest BCUT2D eigenvalue weighted by Crippen LogP contribution is 2.28. The molecule has 0 radical (unpaired) electrons. The van der Waals surface area contributed by atoms with Crippen molar-refractivity contribution in [2.45, 2.75) is 27.2 Å². The van der Waals surface area contributed by atoms with E-state index < -0.39 is 0 Å². The zero-order valence-electron chi connectivity index (χ0n) is 13.6. The van der Waals surface area contributed by atoms with Gasteiger partial charge in [-0.1, -0.05) is 26.0 Å². The summed E-state index contributed by atoms with van der Waals surface area (Å²) in [6.07, 6.45) is 0.966. The molecule has 23 heavy (non-hydrogen) atoms. The minimum Gasteiger partial charge on any atom is -0.342 e. The van der Waals surface area contributed by atoms with Gasteiger partial charge in [-0.3, -0.25) is 0 Å². The van der Waals surface area contributed by atoms with Crippen molar-refractivity contribution in [3.8, 4) is 11.4 Å². The van der Waals surface area contributed by atoms with Gasteiger partial charge in [0.2, 0.25) is 0 Å². The molecule has 0 atom stereocenters. The van der Waals surface area contributed by atoms with E-state index in [-0.39, 0.29) is 0 Å². The highest BCUT2D eigenvalue weighted by Gasteiger charge is 2.13. The smallest absolute Gasteiger partial charge is 0.138 e. The molecule has 2 N–H and O–H groups in total. The van der Waals surface area contributed by atoms with Crippen molar-refractivity contribution < 1.29 is 0 Å². The van der Waals surface area contributed by atoms with Crippen LogP contribution in [0.2, 0.25) is 0 Å². The number of nitrogens with one attached hydrogen (secondary N) is 2. The molecule has 2 heterocycles. The number of aromatic amines is 2. The molecule has 4 heteroatoms. The summed E-state index contributed by atoms with van der Waals surface area (Å²) in [6, 6.07) is 12.3. The Kier molecular flexibility index (Phi) is 3.18. The molecule has 2 aromatic carbocycles. The average Bonchev–Trinajstić information content (AvgIpc) is 3.10. The van der Waals surface area contributed by atoms with Crippen molar-refractivity contribution >= 4 is 22.1 Å². The molecule has 0 saturated carbocycles. The van der Waals surface area contributed by atoms with E-state index in [0.717, 1.165) is 51.3 Å². The van der Waals surface area contributed by atoms with Crippen molar-refractivity contribution in [3.05, 3.63) is 47.8 Å². The highest BCUT2D eigenvalue weighted by atomic mass is 14.9. The van der Waals surface area contributed by atoms with Gasteiger partial charge in [0.1, 0.15) is 11.6 Å². The molecule has 0 aliphatic heterocycles. The first-order valence-corrected chi connectivity index (χ1v) is 8.05. The van der Waals surface area contributed by atoms with E-state index in [2.05, 4.69) is 48.9 Å². The molecule has 2 aromatic heterocycles. The molecule has 116 valence electrons. The van der Waals surface area contributed by atoms with Gasteiger partial charge >= 0.3 is 0 Å². The second kappa shape index (κ2) is 5.23. The Morgan fingerprint density at radius 1 is 0.957 bits per heavy atom. The van der Waals surface area contributed by atoms with Crippen LogP contribution in [0.4, 0.5) is 0 Å². The van der Waals surface area contributed by atoms with Crippen LogP contribution in [0.1, 0.15) is 25.2 Å². The molecule has 0 amide bonds. The second-order valence-corrected chi connectivity index (χ2v) is 6.52. The standard InChI is InChI=1S/C19H20N4/c1-11(2)10-17-20-16-9-8-13(12(3)18(16)23-17)19-21-14-6-4-5-7-15(14)22-19/h4-9,11H,10H2,1-3H3,(H,20,23)(H,21,22). The van der Waals surface area contributed by atoms with E-state index in [1.807, 2.05) is 18.2 Å². The summed E-state index contributed by atoms with van der Waals surface area (Å²) in [5.41, 5.74) is 6.45. The minimum atomic E-state index is 0.589. The van der Waals surface area contributed by atoms with E-state index in [0.29, 0.717) is 5.92 Å². The molecule has 0 spiro atoms. The number of H-pyrrole nitrogens is 2. The summed E-state index contributed by atoms with van der Waals surface area (Å²) in [5, 5.41) is 0. The molecular weight excluding hydrogens is 284 g/mol. The van der Waals surface area contributed by atoms with Crippen LogP contribution in [0.3, 0.4) is 0 Å². The van der Waals surface area contributed by atoms with Crippen LogP contribution in [-0.4, -0.2) is 19.9 Å². The maximum absolute atomic E-state index is 4.80. The number of rotatable bonds is 3. The van der Waals surface area contributed by atoms with Crippen LogP contribution in [0.25, 0.3) is 33.5 Å². The van der Waals surface area contributed by atoms with Crippen molar-refractivity contribution in [1.82, 2.24) is 19.9 Å². The Bertz CT molecular complexity index is 958. The number of hydrogen-bond donors (Lipinski definition) is 2. The number of fused-ring (bicyclic) bond motifs is 2. The van der Waals surface area contributed by atoms with Gasteiger partial charge in [-0.15, -0.1) is 0 Å². The Hall–Kier alpha value is -2.62. The van der Waals surface area contributed by atoms with Crippen LogP contribution in [0, 0.1) is 12.8 Å².